The van der Waals surface area contributed by atoms with Crippen molar-refractivity contribution < 1.29 is 14.3 Å². The highest BCUT2D eigenvalue weighted by atomic mass is 35.5. The van der Waals surface area contributed by atoms with Gasteiger partial charge in [-0.05, 0) is 12.5 Å². The van der Waals surface area contributed by atoms with Gasteiger partial charge in [-0.2, -0.15) is 0 Å². The Morgan fingerprint density at radius 2 is 1.77 bits per heavy atom. The van der Waals surface area contributed by atoms with Crippen LogP contribution in [0.3, 0.4) is 0 Å². The second-order valence-corrected chi connectivity index (χ2v) is 11.0. The fourth-order valence-electron chi connectivity index (χ4n) is 4.89. The summed E-state index contributed by atoms with van der Waals surface area (Å²) < 4.78 is 7.54. The first-order chi connectivity index (χ1) is 21.1. The Morgan fingerprint density at radius 3 is 2.48 bits per heavy atom. The first-order valence-electron chi connectivity index (χ1n) is 13.6. The van der Waals surface area contributed by atoms with Gasteiger partial charge in [0, 0.05) is 62.5 Å². The Kier molecular flexibility index (Phi) is 9.14. The van der Waals surface area contributed by atoms with Gasteiger partial charge in [-0.15, -0.1) is 0 Å². The minimum Gasteiger partial charge on any atom is -0.480 e. The van der Waals surface area contributed by atoms with E-state index >= 15 is 0 Å². The van der Waals surface area contributed by atoms with Crippen LogP contribution in [0.25, 0.3) is 22.4 Å². The van der Waals surface area contributed by atoms with Gasteiger partial charge < -0.3 is 25.3 Å². The fraction of sp³-hybridized carbons (Fsp3) is 0.267. The van der Waals surface area contributed by atoms with E-state index in [1.54, 1.807) is 42.6 Å². The number of aryl methyl sites for hydroxylation is 1. The van der Waals surface area contributed by atoms with E-state index in [4.69, 9.17) is 27.9 Å². The summed E-state index contributed by atoms with van der Waals surface area (Å²) in [7, 11) is 4.26. The lowest BCUT2D eigenvalue weighted by Gasteiger charge is -2.23. The van der Waals surface area contributed by atoms with Gasteiger partial charge in [-0.3, -0.25) is 23.9 Å². The molecular formula is C30H29Cl2N7O5. The van der Waals surface area contributed by atoms with E-state index in [1.807, 2.05) is 0 Å². The highest BCUT2D eigenvalue weighted by Crippen LogP contribution is 2.41. The number of piperidine rings is 1. The van der Waals surface area contributed by atoms with E-state index in [2.05, 4.69) is 25.9 Å². The number of carbonyl (C=O) groups excluding carboxylic acids is 2. The van der Waals surface area contributed by atoms with Crippen LogP contribution < -0.4 is 31.9 Å². The number of hydrogen-bond acceptors (Lipinski definition) is 8. The lowest BCUT2D eigenvalue weighted by Crippen LogP contribution is -2.45. The van der Waals surface area contributed by atoms with Crippen molar-refractivity contribution in [1.82, 2.24) is 29.7 Å². The number of hydrogen-bond donors (Lipinski definition) is 3. The zero-order chi connectivity index (χ0) is 31.5. The summed E-state index contributed by atoms with van der Waals surface area (Å²) in [4.78, 5) is 58.2. The van der Waals surface area contributed by atoms with Crippen molar-refractivity contribution in [3.63, 3.8) is 0 Å². The van der Waals surface area contributed by atoms with Gasteiger partial charge >= 0.3 is 5.69 Å². The highest BCUT2D eigenvalue weighted by molar-refractivity contribution is 6.39. The Labute approximate surface area is 262 Å². The molecule has 0 saturated carbocycles. The van der Waals surface area contributed by atoms with Crippen LogP contribution in [0.5, 0.6) is 5.88 Å². The molecule has 0 unspecified atom stereocenters. The molecule has 5 rings (SSSR count). The van der Waals surface area contributed by atoms with E-state index in [1.165, 1.54) is 27.4 Å². The molecule has 0 aliphatic carbocycles. The molecule has 2 aromatic heterocycles. The topological polar surface area (TPSA) is 149 Å². The molecule has 14 heteroatoms. The molecule has 228 valence electrons. The third-order valence-corrected chi connectivity index (χ3v) is 8.15. The number of benzene rings is 2. The average molecular weight is 639 g/mol. The lowest BCUT2D eigenvalue weighted by atomic mass is 10.0. The quantitative estimate of drug-likeness (QED) is 0.267. The molecule has 0 bridgehead atoms. The maximum absolute atomic E-state index is 13.0. The van der Waals surface area contributed by atoms with E-state index in [0.717, 1.165) is 15.6 Å². The molecule has 3 N–H and O–H groups in total. The summed E-state index contributed by atoms with van der Waals surface area (Å²) >= 11 is 13.7. The van der Waals surface area contributed by atoms with Crippen molar-refractivity contribution in [1.29, 1.82) is 0 Å². The van der Waals surface area contributed by atoms with Crippen molar-refractivity contribution >= 4 is 40.7 Å². The summed E-state index contributed by atoms with van der Waals surface area (Å²) in [6, 6.07) is 10.6. The fourth-order valence-corrected chi connectivity index (χ4v) is 5.49. The Morgan fingerprint density at radius 1 is 1.07 bits per heavy atom. The number of amides is 2. The van der Waals surface area contributed by atoms with Gasteiger partial charge in [-0.1, -0.05) is 53.5 Å². The minimum atomic E-state index is -0.727. The van der Waals surface area contributed by atoms with Crippen molar-refractivity contribution in [3.05, 3.63) is 90.9 Å². The number of rotatable bonds is 8. The standard InChI is InChI=1S/C30H29Cl2N7O5/c1-38-15-20(29(42)39(2)30(38)43)27(41)36-21-9-5-7-18(26(21)32)17-6-4-8-19(25(17)31)22-13-34-23(28(37-22)44-3)14-33-16-10-11-24(40)35-12-16/h4-9,13,15-16,33H,10-12,14H2,1-3H3,(H,35,40)(H,36,41)/t16-/m1/s1. The predicted octanol–water partition coefficient (Wildman–Crippen LogP) is 3.14. The molecule has 1 aliphatic rings. The second-order valence-electron chi connectivity index (χ2n) is 10.2. The van der Waals surface area contributed by atoms with E-state index in [-0.39, 0.29) is 28.2 Å². The number of nitrogens with zero attached hydrogens (tertiary/aromatic N) is 4. The smallest absolute Gasteiger partial charge is 0.330 e. The number of aromatic nitrogens is 4. The van der Waals surface area contributed by atoms with Crippen molar-refractivity contribution in [2.24, 2.45) is 14.1 Å². The number of ether oxygens (including phenoxy) is 1. The molecule has 2 aromatic carbocycles. The molecule has 44 heavy (non-hydrogen) atoms. The van der Waals surface area contributed by atoms with Crippen LogP contribution in [0.1, 0.15) is 28.9 Å². The van der Waals surface area contributed by atoms with Crippen LogP contribution in [-0.2, 0) is 25.4 Å². The van der Waals surface area contributed by atoms with E-state index < -0.39 is 17.2 Å². The van der Waals surface area contributed by atoms with Crippen molar-refractivity contribution in [3.8, 4) is 28.3 Å². The molecule has 0 spiro atoms. The van der Waals surface area contributed by atoms with Gasteiger partial charge in [0.25, 0.3) is 11.5 Å². The number of anilines is 1. The number of halogens is 2. The van der Waals surface area contributed by atoms with Crippen LogP contribution in [0.4, 0.5) is 5.69 Å². The normalized spacial score (nSPS) is 14.7. The molecule has 0 radical (unpaired) electrons. The highest BCUT2D eigenvalue weighted by Gasteiger charge is 2.21. The first-order valence-corrected chi connectivity index (χ1v) is 14.4. The Balaban J connectivity index is 1.41. The van der Waals surface area contributed by atoms with E-state index in [9.17, 15) is 19.2 Å². The minimum absolute atomic E-state index is 0.0510. The van der Waals surface area contributed by atoms with Gasteiger partial charge in [0.15, 0.2) is 0 Å². The number of carbonyl (C=O) groups is 2. The zero-order valence-corrected chi connectivity index (χ0v) is 25.6. The molecule has 1 fully saturated rings. The largest absolute Gasteiger partial charge is 0.480 e. The molecule has 2 amide bonds. The molecule has 1 atom stereocenters. The molecular weight excluding hydrogens is 609 g/mol. The van der Waals surface area contributed by atoms with Gasteiger partial charge in [0.05, 0.1) is 34.7 Å². The summed E-state index contributed by atoms with van der Waals surface area (Å²) in [5, 5.41) is 9.45. The average Bonchev–Trinajstić information content (AvgIpc) is 3.02. The maximum atomic E-state index is 13.0. The first kappa shape index (κ1) is 30.9. The van der Waals surface area contributed by atoms with Crippen molar-refractivity contribution in [2.75, 3.05) is 19.0 Å². The predicted molar refractivity (Wildman–Crippen MR) is 167 cm³/mol. The van der Waals surface area contributed by atoms with Crippen LogP contribution >= 0.6 is 23.2 Å². The van der Waals surface area contributed by atoms with Gasteiger partial charge in [0.1, 0.15) is 11.3 Å². The van der Waals surface area contributed by atoms with Crippen LogP contribution in [0, 0.1) is 0 Å². The monoisotopic (exact) mass is 637 g/mol. The van der Waals surface area contributed by atoms with Gasteiger partial charge in [-0.25, -0.2) is 9.78 Å². The number of nitrogens with one attached hydrogen (secondary N) is 3. The maximum Gasteiger partial charge on any atom is 0.330 e. The summed E-state index contributed by atoms with van der Waals surface area (Å²) in [5.74, 6) is -0.330. The lowest BCUT2D eigenvalue weighted by molar-refractivity contribution is -0.122. The molecule has 3 heterocycles. The Bertz CT molecular complexity index is 1880. The summed E-state index contributed by atoms with van der Waals surface area (Å²) in [6.45, 7) is 0.957. The SMILES string of the molecule is COc1nc(-c2cccc(-c3cccc(NC(=O)c4cn(C)c(=O)n(C)c4=O)c3Cl)c2Cl)cnc1CN[C@@H]1CCC(=O)NC1. The van der Waals surface area contributed by atoms with Crippen LogP contribution in [0.15, 0.2) is 58.4 Å². The third-order valence-electron chi connectivity index (χ3n) is 7.33. The second kappa shape index (κ2) is 13.0. The van der Waals surface area contributed by atoms with Crippen molar-refractivity contribution in [2.45, 2.75) is 25.4 Å². The zero-order valence-electron chi connectivity index (χ0n) is 24.1. The van der Waals surface area contributed by atoms with Gasteiger partial charge in [0.2, 0.25) is 11.8 Å². The number of methoxy groups -OCH3 is 1. The molecule has 4 aromatic rings. The third kappa shape index (κ3) is 6.23. The summed E-state index contributed by atoms with van der Waals surface area (Å²) in [5.41, 5.74) is 1.55. The Hall–Kier alpha value is -4.52. The molecule has 1 aliphatic heterocycles. The van der Waals surface area contributed by atoms with Crippen LogP contribution in [0.2, 0.25) is 10.0 Å². The van der Waals surface area contributed by atoms with Crippen LogP contribution in [-0.4, -0.2) is 50.6 Å². The molecule has 12 nitrogen and oxygen atoms in total. The van der Waals surface area contributed by atoms with E-state index in [0.29, 0.717) is 58.5 Å². The summed E-state index contributed by atoms with van der Waals surface area (Å²) in [6.07, 6.45) is 4.01. The molecule has 1 saturated heterocycles.